The number of carbonyl (C=O) groups excluding carboxylic acids is 1. The van der Waals surface area contributed by atoms with Gasteiger partial charge in [-0.1, -0.05) is 66.7 Å². The molecule has 5 rings (SSSR count). The molecular formula is C31H31BrClN5O3S. The lowest BCUT2D eigenvalue weighted by molar-refractivity contribution is -0.113. The first-order valence-electron chi connectivity index (χ1n) is 13.7. The van der Waals surface area contributed by atoms with Gasteiger partial charge >= 0.3 is 0 Å². The number of rotatable bonds is 11. The molecule has 0 saturated heterocycles. The number of thioether (sulfide) groups is 1. The van der Waals surface area contributed by atoms with Gasteiger partial charge in [-0.15, -0.1) is 5.10 Å². The second-order valence-electron chi connectivity index (χ2n) is 9.54. The smallest absolute Gasteiger partial charge is 0.255 e. The maximum atomic E-state index is 13.9. The first-order valence-corrected chi connectivity index (χ1v) is 15.8. The topological polar surface area (TPSA) is 90.3 Å². The van der Waals surface area contributed by atoms with Gasteiger partial charge in [-0.25, -0.2) is 4.68 Å². The average Bonchev–Trinajstić information content (AvgIpc) is 3.38. The Balaban J connectivity index is 1.57. The third-order valence-electron chi connectivity index (χ3n) is 6.52. The van der Waals surface area contributed by atoms with Gasteiger partial charge < -0.3 is 20.1 Å². The number of aromatic nitrogens is 3. The van der Waals surface area contributed by atoms with Crippen LogP contribution in [-0.2, 0) is 10.5 Å². The van der Waals surface area contributed by atoms with Crippen molar-refractivity contribution in [2.75, 3.05) is 23.8 Å². The molecule has 2 heterocycles. The van der Waals surface area contributed by atoms with Gasteiger partial charge in [0, 0.05) is 22.2 Å². The van der Waals surface area contributed by atoms with E-state index in [2.05, 4.69) is 33.5 Å². The molecule has 0 saturated carbocycles. The van der Waals surface area contributed by atoms with Crippen LogP contribution in [0.1, 0.15) is 44.4 Å². The number of para-hydroxylation sites is 1. The molecule has 1 unspecified atom stereocenters. The van der Waals surface area contributed by atoms with Gasteiger partial charge in [0.1, 0.15) is 6.04 Å². The van der Waals surface area contributed by atoms with Crippen molar-refractivity contribution >= 4 is 56.8 Å². The van der Waals surface area contributed by atoms with E-state index in [1.54, 1.807) is 4.68 Å². The fourth-order valence-corrected chi connectivity index (χ4v) is 6.31. The van der Waals surface area contributed by atoms with E-state index in [0.717, 1.165) is 22.0 Å². The minimum absolute atomic E-state index is 0.247. The van der Waals surface area contributed by atoms with Gasteiger partial charge in [0.15, 0.2) is 11.5 Å². The number of fused-ring (bicyclic) bond motifs is 1. The van der Waals surface area contributed by atoms with Crippen LogP contribution >= 0.6 is 39.3 Å². The monoisotopic (exact) mass is 667 g/mol. The highest BCUT2D eigenvalue weighted by Gasteiger charge is 2.35. The molecule has 218 valence electrons. The third kappa shape index (κ3) is 6.61. The Morgan fingerprint density at radius 3 is 2.62 bits per heavy atom. The zero-order valence-electron chi connectivity index (χ0n) is 23.5. The summed E-state index contributed by atoms with van der Waals surface area (Å²) >= 11 is 11.6. The van der Waals surface area contributed by atoms with Gasteiger partial charge in [0.2, 0.25) is 11.1 Å². The summed E-state index contributed by atoms with van der Waals surface area (Å²) in [6, 6.07) is 20.4. The summed E-state index contributed by atoms with van der Waals surface area (Å²) in [5.41, 5.74) is 3.67. The van der Waals surface area contributed by atoms with E-state index < -0.39 is 6.04 Å². The lowest BCUT2D eigenvalue weighted by Crippen LogP contribution is -2.31. The zero-order chi connectivity index (χ0) is 29.6. The van der Waals surface area contributed by atoms with Gasteiger partial charge in [0.25, 0.3) is 5.91 Å². The molecule has 0 fully saturated rings. The van der Waals surface area contributed by atoms with Crippen LogP contribution in [0.15, 0.2) is 87.6 Å². The van der Waals surface area contributed by atoms with E-state index in [1.807, 2.05) is 80.6 Å². The first-order chi connectivity index (χ1) is 20.4. The fourth-order valence-electron chi connectivity index (χ4n) is 4.63. The second-order valence-corrected chi connectivity index (χ2v) is 11.7. The van der Waals surface area contributed by atoms with Crippen molar-refractivity contribution in [1.82, 2.24) is 14.8 Å². The summed E-state index contributed by atoms with van der Waals surface area (Å²) in [4.78, 5) is 18.6. The molecule has 1 aliphatic heterocycles. The molecule has 1 aliphatic rings. The van der Waals surface area contributed by atoms with Crippen LogP contribution < -0.4 is 20.1 Å². The van der Waals surface area contributed by atoms with Crippen LogP contribution in [-0.4, -0.2) is 33.9 Å². The van der Waals surface area contributed by atoms with Crippen molar-refractivity contribution in [2.45, 2.75) is 44.1 Å². The van der Waals surface area contributed by atoms with Crippen LogP contribution in [0, 0.1) is 0 Å². The number of nitrogens with zero attached hydrogens (tertiary/aromatic N) is 3. The summed E-state index contributed by atoms with van der Waals surface area (Å²) in [6.45, 7) is 6.86. The van der Waals surface area contributed by atoms with Gasteiger partial charge in [-0.05, 0) is 77.7 Å². The van der Waals surface area contributed by atoms with Crippen LogP contribution in [0.2, 0.25) is 5.02 Å². The number of amides is 1. The summed E-state index contributed by atoms with van der Waals surface area (Å²) in [6.07, 6.45) is 0.858. The number of hydrogen-bond donors (Lipinski definition) is 2. The van der Waals surface area contributed by atoms with E-state index in [1.165, 1.54) is 11.8 Å². The van der Waals surface area contributed by atoms with Crippen LogP contribution in [0.3, 0.4) is 0 Å². The largest absolute Gasteiger partial charge is 0.490 e. The zero-order valence-corrected chi connectivity index (χ0v) is 26.6. The van der Waals surface area contributed by atoms with Crippen molar-refractivity contribution in [3.8, 4) is 11.5 Å². The summed E-state index contributed by atoms with van der Waals surface area (Å²) in [5, 5.41) is 12.5. The molecule has 0 bridgehead atoms. The van der Waals surface area contributed by atoms with Gasteiger partial charge in [0.05, 0.1) is 23.3 Å². The van der Waals surface area contributed by atoms with Crippen molar-refractivity contribution < 1.29 is 14.3 Å². The number of carbonyl (C=O) groups is 1. The number of anilines is 2. The van der Waals surface area contributed by atoms with Gasteiger partial charge in [-0.3, -0.25) is 4.79 Å². The molecule has 8 nitrogen and oxygen atoms in total. The SMILES string of the molecule is CCCOc1c(Br)cc(C2C(C(=O)Nc3ccccc3)=C(C)Nc3nc(SCc4ccccc4Cl)nn32)cc1OCC. The normalized spacial score (nSPS) is 14.3. The molecule has 0 spiro atoms. The van der Waals surface area contributed by atoms with Crippen molar-refractivity contribution in [3.63, 3.8) is 0 Å². The molecule has 1 atom stereocenters. The Kier molecular flexibility index (Phi) is 9.76. The Labute approximate surface area is 263 Å². The van der Waals surface area contributed by atoms with E-state index in [-0.39, 0.29) is 5.91 Å². The predicted molar refractivity (Wildman–Crippen MR) is 172 cm³/mol. The molecule has 11 heteroatoms. The number of allylic oxidation sites excluding steroid dienone is 1. The van der Waals surface area contributed by atoms with Crippen LogP contribution in [0.5, 0.6) is 11.5 Å². The number of nitrogens with one attached hydrogen (secondary N) is 2. The Morgan fingerprint density at radius 1 is 1.12 bits per heavy atom. The van der Waals surface area contributed by atoms with Crippen LogP contribution in [0.4, 0.5) is 11.6 Å². The van der Waals surface area contributed by atoms with Gasteiger partial charge in [-0.2, -0.15) is 4.98 Å². The van der Waals surface area contributed by atoms with E-state index in [4.69, 9.17) is 31.2 Å². The number of hydrogen-bond acceptors (Lipinski definition) is 7. The maximum Gasteiger partial charge on any atom is 0.255 e. The number of benzene rings is 3. The molecule has 0 radical (unpaired) electrons. The fraction of sp³-hybridized carbons (Fsp3) is 0.258. The van der Waals surface area contributed by atoms with Crippen molar-refractivity contribution in [1.29, 1.82) is 0 Å². The highest BCUT2D eigenvalue weighted by atomic mass is 79.9. The lowest BCUT2D eigenvalue weighted by Gasteiger charge is -2.29. The highest BCUT2D eigenvalue weighted by molar-refractivity contribution is 9.10. The van der Waals surface area contributed by atoms with E-state index in [0.29, 0.717) is 63.6 Å². The highest BCUT2D eigenvalue weighted by Crippen LogP contribution is 2.43. The standard InChI is InChI=1S/C31H31BrClN5O3S/c1-4-15-41-28-23(32)16-21(17-25(28)40-5-2)27-26(29(39)35-22-12-7-6-8-13-22)19(3)34-30-36-31(37-38(27)30)42-18-20-11-9-10-14-24(20)33/h6-14,16-17,27H,4-5,15,18H2,1-3H3,(H,35,39)(H,34,36,37). The Bertz CT molecular complexity index is 1610. The average molecular weight is 669 g/mol. The molecular weight excluding hydrogens is 638 g/mol. The van der Waals surface area contributed by atoms with Crippen molar-refractivity contribution in [2.24, 2.45) is 0 Å². The minimum atomic E-state index is -0.595. The third-order valence-corrected chi connectivity index (χ3v) is 8.37. The Hall–Kier alpha value is -3.47. The summed E-state index contributed by atoms with van der Waals surface area (Å²) < 4.78 is 14.5. The lowest BCUT2D eigenvalue weighted by atomic mass is 9.94. The second kappa shape index (κ2) is 13.7. The van der Waals surface area contributed by atoms with Crippen molar-refractivity contribution in [3.05, 3.63) is 98.6 Å². The first kappa shape index (κ1) is 30.0. The number of ether oxygens (including phenoxy) is 2. The molecule has 3 aromatic carbocycles. The quantitative estimate of drug-likeness (QED) is 0.156. The minimum Gasteiger partial charge on any atom is -0.490 e. The summed E-state index contributed by atoms with van der Waals surface area (Å²) in [5.74, 6) is 2.11. The van der Waals surface area contributed by atoms with E-state index >= 15 is 0 Å². The molecule has 2 N–H and O–H groups in total. The maximum absolute atomic E-state index is 13.9. The summed E-state index contributed by atoms with van der Waals surface area (Å²) in [7, 11) is 0. The molecule has 4 aromatic rings. The van der Waals surface area contributed by atoms with Crippen LogP contribution in [0.25, 0.3) is 0 Å². The van der Waals surface area contributed by atoms with E-state index in [9.17, 15) is 4.79 Å². The predicted octanol–water partition coefficient (Wildman–Crippen LogP) is 8.10. The molecule has 42 heavy (non-hydrogen) atoms. The molecule has 1 aromatic heterocycles. The number of halogens is 2. The molecule has 1 amide bonds. The Morgan fingerprint density at radius 2 is 1.88 bits per heavy atom. The molecule has 0 aliphatic carbocycles.